The van der Waals surface area contributed by atoms with Crippen molar-refractivity contribution in [1.82, 2.24) is 20.0 Å². The summed E-state index contributed by atoms with van der Waals surface area (Å²) in [5, 5.41) is 3.54. The minimum Gasteiger partial charge on any atom is -0.326 e. The van der Waals surface area contributed by atoms with Gasteiger partial charge in [0.15, 0.2) is 0 Å². The first-order valence-corrected chi connectivity index (χ1v) is 9.25. The molecule has 6 nitrogen and oxygen atoms in total. The number of carbonyl (C=O) groups is 2. The van der Waals surface area contributed by atoms with E-state index < -0.39 is 0 Å². The summed E-state index contributed by atoms with van der Waals surface area (Å²) in [7, 11) is 0. The van der Waals surface area contributed by atoms with Crippen LogP contribution in [0.15, 0.2) is 24.3 Å². The van der Waals surface area contributed by atoms with Gasteiger partial charge in [0.05, 0.1) is 6.67 Å². The summed E-state index contributed by atoms with van der Waals surface area (Å²) in [6.45, 7) is 6.78. The van der Waals surface area contributed by atoms with Crippen LogP contribution in [0, 0.1) is 0 Å². The second kappa shape index (κ2) is 8.17. The average Bonchev–Trinajstić information content (AvgIpc) is 2.85. The Hall–Kier alpha value is -1.63. The molecule has 7 heteroatoms. The Balaban J connectivity index is 1.48. The summed E-state index contributed by atoms with van der Waals surface area (Å²) in [6.07, 6.45) is 1.58. The molecule has 0 unspecified atom stereocenters. The maximum absolute atomic E-state index is 12.3. The molecule has 0 spiro atoms. The highest BCUT2D eigenvalue weighted by atomic mass is 35.5. The standard InChI is InChI=1S/C18H25ClN4O2/c1-2-4-16-17(24)23(18(25)20-16)13-22-9-7-21(8-10-22)12-14-5-3-6-15(19)11-14/h3,5-6,11,16H,2,4,7-10,12-13H2,1H3,(H,20,25)/t16-/m1/s1. The second-order valence-electron chi connectivity index (χ2n) is 6.72. The maximum Gasteiger partial charge on any atom is 0.325 e. The average molecular weight is 365 g/mol. The molecule has 25 heavy (non-hydrogen) atoms. The predicted octanol–water partition coefficient (Wildman–Crippen LogP) is 2.14. The molecule has 1 atom stereocenters. The summed E-state index contributed by atoms with van der Waals surface area (Å²) in [6, 6.07) is 7.32. The van der Waals surface area contributed by atoms with E-state index in [4.69, 9.17) is 11.6 Å². The van der Waals surface area contributed by atoms with Crippen molar-refractivity contribution in [2.45, 2.75) is 32.4 Å². The highest BCUT2D eigenvalue weighted by Crippen LogP contribution is 2.15. The van der Waals surface area contributed by atoms with Crippen molar-refractivity contribution in [1.29, 1.82) is 0 Å². The number of urea groups is 1. The first-order chi connectivity index (χ1) is 12.1. The molecule has 1 N–H and O–H groups in total. The third-order valence-electron chi connectivity index (χ3n) is 4.79. The zero-order valence-electron chi connectivity index (χ0n) is 14.6. The number of nitrogens with zero attached hydrogens (tertiary/aromatic N) is 3. The Bertz CT molecular complexity index is 631. The molecule has 0 aliphatic carbocycles. The van der Waals surface area contributed by atoms with Crippen LogP contribution in [0.3, 0.4) is 0 Å². The molecule has 3 rings (SSSR count). The molecule has 2 saturated heterocycles. The summed E-state index contributed by atoms with van der Waals surface area (Å²) in [5.74, 6) is -0.0896. The first kappa shape index (κ1) is 18.2. The maximum atomic E-state index is 12.3. The van der Waals surface area contributed by atoms with Crippen molar-refractivity contribution in [3.63, 3.8) is 0 Å². The highest BCUT2D eigenvalue weighted by molar-refractivity contribution is 6.30. The van der Waals surface area contributed by atoms with Crippen LogP contribution in [0.4, 0.5) is 4.79 Å². The predicted molar refractivity (Wildman–Crippen MR) is 97.2 cm³/mol. The first-order valence-electron chi connectivity index (χ1n) is 8.88. The minimum absolute atomic E-state index is 0.0896. The molecule has 2 heterocycles. The molecule has 2 aliphatic rings. The number of halogens is 1. The van der Waals surface area contributed by atoms with Crippen LogP contribution in [-0.2, 0) is 11.3 Å². The Morgan fingerprint density at radius 2 is 1.88 bits per heavy atom. The number of piperazine rings is 1. The largest absolute Gasteiger partial charge is 0.326 e. The topological polar surface area (TPSA) is 55.9 Å². The van der Waals surface area contributed by atoms with Gasteiger partial charge >= 0.3 is 6.03 Å². The quantitative estimate of drug-likeness (QED) is 0.786. The van der Waals surface area contributed by atoms with Crippen LogP contribution in [0.25, 0.3) is 0 Å². The Labute approximate surface area is 153 Å². The number of imide groups is 1. The summed E-state index contributed by atoms with van der Waals surface area (Å²) < 4.78 is 0. The van der Waals surface area contributed by atoms with Gasteiger partial charge in [-0.3, -0.25) is 14.6 Å². The lowest BCUT2D eigenvalue weighted by atomic mass is 10.2. The molecule has 3 amide bonds. The molecule has 136 valence electrons. The van der Waals surface area contributed by atoms with Gasteiger partial charge in [0, 0.05) is 37.7 Å². The number of hydrogen-bond acceptors (Lipinski definition) is 4. The van der Waals surface area contributed by atoms with E-state index in [2.05, 4.69) is 21.2 Å². The third kappa shape index (κ3) is 4.51. The molecule has 1 aromatic carbocycles. The van der Waals surface area contributed by atoms with Gasteiger partial charge in [-0.05, 0) is 24.1 Å². The molecule has 2 fully saturated rings. The van der Waals surface area contributed by atoms with Gasteiger partial charge < -0.3 is 5.32 Å². The van der Waals surface area contributed by atoms with Gasteiger partial charge in [-0.2, -0.15) is 0 Å². The lowest BCUT2D eigenvalue weighted by Crippen LogP contribution is -2.51. The van der Waals surface area contributed by atoms with Crippen LogP contribution in [0.1, 0.15) is 25.3 Å². The van der Waals surface area contributed by atoms with E-state index in [0.717, 1.165) is 44.2 Å². The Kier molecular flexibility index (Phi) is 5.93. The van der Waals surface area contributed by atoms with Gasteiger partial charge in [0.25, 0.3) is 5.91 Å². The van der Waals surface area contributed by atoms with Gasteiger partial charge in [-0.25, -0.2) is 9.69 Å². The van der Waals surface area contributed by atoms with Crippen LogP contribution in [0.2, 0.25) is 5.02 Å². The lowest BCUT2D eigenvalue weighted by molar-refractivity contribution is -0.129. The van der Waals surface area contributed by atoms with Crippen LogP contribution in [0.5, 0.6) is 0 Å². The zero-order valence-corrected chi connectivity index (χ0v) is 15.3. The fraction of sp³-hybridized carbons (Fsp3) is 0.556. The number of hydrogen-bond donors (Lipinski definition) is 1. The second-order valence-corrected chi connectivity index (χ2v) is 7.16. The minimum atomic E-state index is -0.346. The Morgan fingerprint density at radius 1 is 1.16 bits per heavy atom. The molecule has 2 aliphatic heterocycles. The van der Waals surface area contributed by atoms with Crippen molar-refractivity contribution in [2.75, 3.05) is 32.8 Å². The summed E-state index contributed by atoms with van der Waals surface area (Å²) in [4.78, 5) is 30.2. The number of carbonyl (C=O) groups excluding carboxylic acids is 2. The molecular weight excluding hydrogens is 340 g/mol. The van der Waals surface area contributed by atoms with Gasteiger partial charge in [0.2, 0.25) is 0 Å². The van der Waals surface area contributed by atoms with Crippen LogP contribution >= 0.6 is 11.6 Å². The van der Waals surface area contributed by atoms with Crippen molar-refractivity contribution in [3.8, 4) is 0 Å². The fourth-order valence-corrected chi connectivity index (χ4v) is 3.59. The molecule has 0 saturated carbocycles. The third-order valence-corrected chi connectivity index (χ3v) is 5.02. The summed E-state index contributed by atoms with van der Waals surface area (Å²) >= 11 is 6.04. The fourth-order valence-electron chi connectivity index (χ4n) is 3.38. The van der Waals surface area contributed by atoms with Gasteiger partial charge in [-0.1, -0.05) is 37.1 Å². The number of benzene rings is 1. The molecule has 0 bridgehead atoms. The number of amides is 3. The van der Waals surface area contributed by atoms with E-state index in [1.54, 1.807) is 0 Å². The number of nitrogens with one attached hydrogen (secondary N) is 1. The van der Waals surface area contributed by atoms with Crippen LogP contribution < -0.4 is 5.32 Å². The van der Waals surface area contributed by atoms with Crippen molar-refractivity contribution >= 4 is 23.5 Å². The van der Waals surface area contributed by atoms with Crippen molar-refractivity contribution < 1.29 is 9.59 Å². The van der Waals surface area contributed by atoms with E-state index in [1.807, 2.05) is 25.1 Å². The lowest BCUT2D eigenvalue weighted by Gasteiger charge is -2.36. The van der Waals surface area contributed by atoms with E-state index in [-0.39, 0.29) is 18.0 Å². The summed E-state index contributed by atoms with van der Waals surface area (Å²) in [5.41, 5.74) is 1.21. The molecule has 1 aromatic rings. The van der Waals surface area contributed by atoms with E-state index in [1.165, 1.54) is 10.5 Å². The van der Waals surface area contributed by atoms with E-state index >= 15 is 0 Å². The van der Waals surface area contributed by atoms with E-state index in [9.17, 15) is 9.59 Å². The normalized spacial score (nSPS) is 22.5. The number of rotatable bonds is 6. The SMILES string of the molecule is CCC[C@H]1NC(=O)N(CN2CCN(Cc3cccc(Cl)c3)CC2)C1=O. The van der Waals surface area contributed by atoms with Crippen LogP contribution in [-0.4, -0.2) is 65.5 Å². The smallest absolute Gasteiger partial charge is 0.325 e. The highest BCUT2D eigenvalue weighted by Gasteiger charge is 2.38. The monoisotopic (exact) mass is 364 g/mol. The molecular formula is C18H25ClN4O2. The molecule has 0 radical (unpaired) electrons. The molecule has 0 aromatic heterocycles. The Morgan fingerprint density at radius 3 is 2.56 bits per heavy atom. The van der Waals surface area contributed by atoms with E-state index in [0.29, 0.717) is 13.1 Å². The zero-order chi connectivity index (χ0) is 17.8. The van der Waals surface area contributed by atoms with Gasteiger partial charge in [0.1, 0.15) is 6.04 Å². The van der Waals surface area contributed by atoms with Gasteiger partial charge in [-0.15, -0.1) is 0 Å². The van der Waals surface area contributed by atoms with Crippen molar-refractivity contribution in [3.05, 3.63) is 34.9 Å². The van der Waals surface area contributed by atoms with Crippen molar-refractivity contribution in [2.24, 2.45) is 0 Å².